The molecule has 0 unspecified atom stereocenters. The minimum atomic E-state index is -4.59. The normalized spacial score (nSPS) is 16.4. The van der Waals surface area contributed by atoms with Crippen LogP contribution < -0.4 is 16.6 Å². The van der Waals surface area contributed by atoms with Gasteiger partial charge in [0.15, 0.2) is 0 Å². The number of H-pyrrole nitrogens is 1. The topological polar surface area (TPSA) is 87.2 Å². The Balaban J connectivity index is 2.09. The molecular weight excluding hydrogens is 329 g/mol. The Morgan fingerprint density at radius 1 is 1.17 bits per heavy atom. The third-order valence-corrected chi connectivity index (χ3v) is 3.78. The second-order valence-electron chi connectivity index (χ2n) is 5.46. The van der Waals surface area contributed by atoms with E-state index in [0.717, 1.165) is 16.7 Å². The van der Waals surface area contributed by atoms with Crippen LogP contribution in [0.3, 0.4) is 0 Å². The van der Waals surface area contributed by atoms with Crippen LogP contribution in [0.25, 0.3) is 10.9 Å². The zero-order valence-electron chi connectivity index (χ0n) is 12.3. The summed E-state index contributed by atoms with van der Waals surface area (Å²) in [5, 5.41) is 2.40. The molecule has 0 bridgehead atoms. The number of fused-ring (bicyclic) bond motifs is 1. The fourth-order valence-corrected chi connectivity index (χ4v) is 2.62. The van der Waals surface area contributed by atoms with Crippen LogP contribution in [0, 0.1) is 0 Å². The molecule has 0 saturated carbocycles. The minimum absolute atomic E-state index is 0.00903. The van der Waals surface area contributed by atoms with E-state index < -0.39 is 23.0 Å². The smallest absolute Gasteiger partial charge is 0.354 e. The number of hydrogen-bond donors (Lipinski definition) is 2. The van der Waals surface area contributed by atoms with E-state index >= 15 is 0 Å². The van der Waals surface area contributed by atoms with Gasteiger partial charge < -0.3 is 5.32 Å². The van der Waals surface area contributed by atoms with Crippen molar-refractivity contribution in [2.24, 2.45) is 0 Å². The zero-order chi connectivity index (χ0) is 17.5. The van der Waals surface area contributed by atoms with Gasteiger partial charge in [0.25, 0.3) is 5.56 Å². The van der Waals surface area contributed by atoms with Crippen molar-refractivity contribution in [1.29, 1.82) is 0 Å². The molecule has 128 valence electrons. The van der Waals surface area contributed by atoms with E-state index in [9.17, 15) is 27.6 Å². The highest BCUT2D eigenvalue weighted by Gasteiger charge is 2.31. The van der Waals surface area contributed by atoms with Crippen molar-refractivity contribution in [3.63, 3.8) is 0 Å². The van der Waals surface area contributed by atoms with E-state index in [2.05, 4.69) is 5.32 Å². The number of aromatic nitrogens is 2. The van der Waals surface area contributed by atoms with Gasteiger partial charge in [-0.1, -0.05) is 0 Å². The van der Waals surface area contributed by atoms with Crippen LogP contribution in [0.5, 0.6) is 0 Å². The predicted molar refractivity (Wildman–Crippen MR) is 78.4 cm³/mol. The van der Waals surface area contributed by atoms with Gasteiger partial charge in [-0.05, 0) is 18.2 Å². The summed E-state index contributed by atoms with van der Waals surface area (Å²) in [6.07, 6.45) is -4.59. The van der Waals surface area contributed by atoms with Gasteiger partial charge >= 0.3 is 11.9 Å². The lowest BCUT2D eigenvalue weighted by Gasteiger charge is -2.27. The maximum atomic E-state index is 12.8. The fraction of sp³-hybridized carbons (Fsp3) is 0.357. The number of piperazine rings is 1. The van der Waals surface area contributed by atoms with Crippen LogP contribution in [0.15, 0.2) is 27.8 Å². The number of hydrogen-bond acceptors (Lipinski definition) is 4. The van der Waals surface area contributed by atoms with E-state index in [-0.39, 0.29) is 30.0 Å². The van der Waals surface area contributed by atoms with Gasteiger partial charge in [0.2, 0.25) is 5.91 Å². The molecule has 1 aliphatic heterocycles. The summed E-state index contributed by atoms with van der Waals surface area (Å²) >= 11 is 0. The SMILES string of the molecule is O=C1CN(Cn2c(=O)[nH]c(=O)c3cc(C(F)(F)F)ccc32)CCN1. The minimum Gasteiger partial charge on any atom is -0.354 e. The summed E-state index contributed by atoms with van der Waals surface area (Å²) in [5.41, 5.74) is -2.50. The molecule has 1 aromatic heterocycles. The highest BCUT2D eigenvalue weighted by Crippen LogP contribution is 2.30. The third-order valence-electron chi connectivity index (χ3n) is 3.78. The molecule has 2 heterocycles. The second kappa shape index (κ2) is 5.78. The van der Waals surface area contributed by atoms with E-state index in [0.29, 0.717) is 19.2 Å². The molecule has 7 nitrogen and oxygen atoms in total. The summed E-state index contributed by atoms with van der Waals surface area (Å²) in [6.45, 7) is 0.950. The van der Waals surface area contributed by atoms with Crippen molar-refractivity contribution in [3.8, 4) is 0 Å². The maximum Gasteiger partial charge on any atom is 0.416 e. The van der Waals surface area contributed by atoms with Crippen LogP contribution in [0.2, 0.25) is 0 Å². The number of carbonyl (C=O) groups is 1. The van der Waals surface area contributed by atoms with Crippen LogP contribution in [-0.4, -0.2) is 40.0 Å². The van der Waals surface area contributed by atoms with Gasteiger partial charge in [0.1, 0.15) is 0 Å². The summed E-state index contributed by atoms with van der Waals surface area (Å²) in [7, 11) is 0. The molecule has 2 aromatic rings. The number of rotatable bonds is 2. The van der Waals surface area contributed by atoms with Crippen molar-refractivity contribution >= 4 is 16.8 Å². The lowest BCUT2D eigenvalue weighted by atomic mass is 10.1. The van der Waals surface area contributed by atoms with E-state index in [4.69, 9.17) is 0 Å². The fourth-order valence-electron chi connectivity index (χ4n) is 2.62. The second-order valence-corrected chi connectivity index (χ2v) is 5.46. The molecule has 2 N–H and O–H groups in total. The molecule has 24 heavy (non-hydrogen) atoms. The summed E-state index contributed by atoms with van der Waals surface area (Å²) in [4.78, 5) is 39.0. The van der Waals surface area contributed by atoms with Crippen LogP contribution in [-0.2, 0) is 17.6 Å². The van der Waals surface area contributed by atoms with Crippen molar-refractivity contribution < 1.29 is 18.0 Å². The Bertz CT molecular complexity index is 916. The molecule has 3 rings (SSSR count). The van der Waals surface area contributed by atoms with Crippen LogP contribution in [0.1, 0.15) is 5.56 Å². The van der Waals surface area contributed by atoms with Gasteiger partial charge in [0.05, 0.1) is 29.7 Å². The molecule has 1 aromatic carbocycles. The lowest BCUT2D eigenvalue weighted by molar-refractivity contribution is -0.137. The first-order chi connectivity index (χ1) is 11.3. The van der Waals surface area contributed by atoms with Gasteiger partial charge in [-0.15, -0.1) is 0 Å². The molecule has 0 spiro atoms. The third kappa shape index (κ3) is 3.04. The number of nitrogens with one attached hydrogen (secondary N) is 2. The Hall–Kier alpha value is -2.62. The average Bonchev–Trinajstić information content (AvgIpc) is 2.50. The molecule has 1 saturated heterocycles. The molecule has 0 radical (unpaired) electrons. The number of aromatic amines is 1. The van der Waals surface area contributed by atoms with Crippen LogP contribution >= 0.6 is 0 Å². The Labute approximate surface area is 132 Å². The van der Waals surface area contributed by atoms with Crippen LogP contribution in [0.4, 0.5) is 13.2 Å². The Morgan fingerprint density at radius 2 is 1.92 bits per heavy atom. The standard InChI is InChI=1S/C14H13F3N4O3/c15-14(16,17)8-1-2-10-9(5-8)12(23)19-13(24)21(10)7-20-4-3-18-11(22)6-20/h1-2,5H,3-4,6-7H2,(H,18,22)(H,19,23,24). The Kier molecular flexibility index (Phi) is 3.91. The van der Waals surface area contributed by atoms with Crippen molar-refractivity contribution in [1.82, 2.24) is 19.8 Å². The highest BCUT2D eigenvalue weighted by atomic mass is 19.4. The molecule has 0 aliphatic carbocycles. The largest absolute Gasteiger partial charge is 0.416 e. The monoisotopic (exact) mass is 342 g/mol. The molecule has 0 atom stereocenters. The first-order valence-electron chi connectivity index (χ1n) is 7.09. The quantitative estimate of drug-likeness (QED) is 0.810. The predicted octanol–water partition coefficient (Wildman–Crippen LogP) is 0.0979. The first-order valence-corrected chi connectivity index (χ1v) is 7.09. The van der Waals surface area contributed by atoms with Gasteiger partial charge in [-0.2, -0.15) is 13.2 Å². The average molecular weight is 342 g/mol. The zero-order valence-corrected chi connectivity index (χ0v) is 12.3. The highest BCUT2D eigenvalue weighted by molar-refractivity contribution is 5.79. The van der Waals surface area contributed by atoms with E-state index in [1.165, 1.54) is 0 Å². The summed E-state index contributed by atoms with van der Waals surface area (Å²) in [5.74, 6) is -0.206. The first kappa shape index (κ1) is 16.2. The number of amides is 1. The number of alkyl halides is 3. The number of benzene rings is 1. The number of carbonyl (C=O) groups excluding carboxylic acids is 1. The van der Waals surface area contributed by atoms with Crippen molar-refractivity contribution in [2.45, 2.75) is 12.8 Å². The molecular formula is C14H13F3N4O3. The van der Waals surface area contributed by atoms with Gasteiger partial charge in [-0.25, -0.2) is 4.79 Å². The summed E-state index contributed by atoms with van der Waals surface area (Å²) < 4.78 is 39.6. The maximum absolute atomic E-state index is 12.8. The number of nitrogens with zero attached hydrogens (tertiary/aromatic N) is 2. The molecule has 1 aliphatic rings. The number of halogens is 3. The lowest BCUT2D eigenvalue weighted by Crippen LogP contribution is -2.49. The van der Waals surface area contributed by atoms with E-state index in [1.807, 2.05) is 4.98 Å². The Morgan fingerprint density at radius 3 is 2.58 bits per heavy atom. The van der Waals surface area contributed by atoms with Gasteiger partial charge in [-0.3, -0.25) is 24.0 Å². The molecule has 10 heteroatoms. The van der Waals surface area contributed by atoms with E-state index in [1.54, 1.807) is 4.90 Å². The van der Waals surface area contributed by atoms with Crippen molar-refractivity contribution in [2.75, 3.05) is 19.6 Å². The summed E-state index contributed by atoms with van der Waals surface area (Å²) in [6, 6.07) is 2.63. The van der Waals surface area contributed by atoms with Crippen molar-refractivity contribution in [3.05, 3.63) is 44.6 Å². The molecule has 1 amide bonds. The van der Waals surface area contributed by atoms with Gasteiger partial charge in [0, 0.05) is 13.1 Å². The molecule has 1 fully saturated rings.